The zero-order valence-corrected chi connectivity index (χ0v) is 22.8. The third kappa shape index (κ3) is 8.62. The lowest BCUT2D eigenvalue weighted by molar-refractivity contribution is -0.126. The monoisotopic (exact) mass is 601 g/mol. The summed E-state index contributed by atoms with van der Waals surface area (Å²) in [5.74, 6) is -0.623. The van der Waals surface area contributed by atoms with Crippen molar-refractivity contribution in [1.82, 2.24) is 20.2 Å². The van der Waals surface area contributed by atoms with Crippen LogP contribution in [0.25, 0.3) is 0 Å². The first-order chi connectivity index (χ1) is 18.9. The first-order valence-electron chi connectivity index (χ1n) is 11.6. The Balaban J connectivity index is 1.92. The second-order valence-electron chi connectivity index (χ2n) is 8.54. The molecule has 11 nitrogen and oxygen atoms in total. The Bertz CT molecular complexity index is 1390. The minimum absolute atomic E-state index is 0.0421. The Labute approximate surface area is 232 Å². The van der Waals surface area contributed by atoms with Crippen molar-refractivity contribution in [1.29, 1.82) is 0 Å². The zero-order chi connectivity index (χ0) is 29.4. The number of carbonyl (C=O) groups is 2. The van der Waals surface area contributed by atoms with Gasteiger partial charge in [0.1, 0.15) is 11.0 Å². The van der Waals surface area contributed by atoms with Gasteiger partial charge in [0, 0.05) is 31.2 Å². The van der Waals surface area contributed by atoms with Gasteiger partial charge in [-0.2, -0.15) is 8.42 Å². The number of rotatable bonds is 12. The molecule has 0 fully saturated rings. The number of nitrogens with zero attached hydrogens (tertiary/aromatic N) is 3. The Hall–Kier alpha value is -3.76. The van der Waals surface area contributed by atoms with Gasteiger partial charge in [0.25, 0.3) is 6.43 Å². The maximum absolute atomic E-state index is 14.0. The van der Waals surface area contributed by atoms with E-state index < -0.39 is 52.7 Å². The van der Waals surface area contributed by atoms with E-state index in [1.165, 1.54) is 43.7 Å². The molecule has 1 aromatic carbocycles. The number of hydrogen-bond acceptors (Lipinski definition) is 8. The summed E-state index contributed by atoms with van der Waals surface area (Å²) in [7, 11) is -1.95. The number of ether oxygens (including phenoxy) is 1. The predicted octanol–water partition coefficient (Wildman–Crippen LogP) is 3.74. The van der Waals surface area contributed by atoms with Gasteiger partial charge in [0.15, 0.2) is 0 Å². The molecular weight excluding hydrogens is 575 g/mol. The molecule has 2 aromatic heterocycles. The number of halogens is 3. The molecule has 40 heavy (non-hydrogen) atoms. The van der Waals surface area contributed by atoms with E-state index in [-0.39, 0.29) is 23.5 Å². The normalized spacial score (nSPS) is 13.8. The molecule has 3 atom stereocenters. The molecule has 0 aliphatic carbocycles. The molecule has 0 aliphatic heterocycles. The molecule has 0 bridgehead atoms. The van der Waals surface area contributed by atoms with Crippen LogP contribution in [0.2, 0.25) is 0 Å². The van der Waals surface area contributed by atoms with Crippen LogP contribution in [-0.2, 0) is 32.7 Å². The lowest BCUT2D eigenvalue weighted by Gasteiger charge is -2.28. The summed E-state index contributed by atoms with van der Waals surface area (Å²) in [5.41, 5.74) is 0.832. The molecule has 2 amide bonds. The fourth-order valence-electron chi connectivity index (χ4n) is 3.70. The van der Waals surface area contributed by atoms with E-state index in [1.54, 1.807) is 12.1 Å². The minimum Gasteiger partial charge on any atom is -0.453 e. The highest BCUT2D eigenvalue weighted by Crippen LogP contribution is 2.30. The summed E-state index contributed by atoms with van der Waals surface area (Å²) in [6.07, 6.45) is -3.49. The van der Waals surface area contributed by atoms with Crippen molar-refractivity contribution in [3.05, 3.63) is 76.0 Å². The van der Waals surface area contributed by atoms with Crippen LogP contribution in [0, 0.1) is 0 Å². The van der Waals surface area contributed by atoms with Crippen LogP contribution in [-0.4, -0.2) is 66.5 Å². The van der Waals surface area contributed by atoms with E-state index in [4.69, 9.17) is 9.29 Å². The maximum Gasteiger partial charge on any atom is 0.409 e. The number of benzene rings is 1. The fraction of sp³-hybridized carbons (Fsp3) is 0.333. The van der Waals surface area contributed by atoms with E-state index in [1.807, 2.05) is 4.72 Å². The van der Waals surface area contributed by atoms with Crippen LogP contribution >= 0.6 is 11.3 Å². The minimum atomic E-state index is -4.50. The first-order valence-corrected chi connectivity index (χ1v) is 13.9. The van der Waals surface area contributed by atoms with Gasteiger partial charge in [-0.15, -0.1) is 11.3 Å². The Morgan fingerprint density at radius 1 is 1.07 bits per heavy atom. The molecule has 16 heteroatoms. The van der Waals surface area contributed by atoms with Gasteiger partial charge in [0.05, 0.1) is 24.5 Å². The van der Waals surface area contributed by atoms with Crippen LogP contribution in [0.15, 0.2) is 54.2 Å². The highest BCUT2D eigenvalue weighted by Gasteiger charge is 2.32. The number of thiazole rings is 1. The van der Waals surface area contributed by atoms with E-state index in [2.05, 4.69) is 15.3 Å². The number of methoxy groups -OCH3 is 1. The third-order valence-corrected chi connectivity index (χ3v) is 7.18. The Morgan fingerprint density at radius 2 is 1.70 bits per heavy atom. The van der Waals surface area contributed by atoms with Crippen LogP contribution < -0.4 is 10.0 Å². The quantitative estimate of drug-likeness (QED) is 0.266. The standard InChI is InChI=1S/C24H26F3N5O6S2/c1-32(24(34)38-2)19(12-15-7-9-28-10-8-15)22(33)29-17(23-30-18(13-39-23)20(25)21(26)27)11-14-3-5-16(6-4-14)31-40(35,36)37/h3-10,13,17,19-21,31H,11-12H2,1-2H3,(H,29,33)(H,35,36,37)/t17-,19?,20?/m0/s1. The van der Waals surface area contributed by atoms with Gasteiger partial charge in [0.2, 0.25) is 12.1 Å². The van der Waals surface area contributed by atoms with E-state index in [0.717, 1.165) is 28.7 Å². The second-order valence-corrected chi connectivity index (χ2v) is 10.6. The lowest BCUT2D eigenvalue weighted by Crippen LogP contribution is -2.50. The predicted molar refractivity (Wildman–Crippen MR) is 140 cm³/mol. The van der Waals surface area contributed by atoms with Gasteiger partial charge in [-0.25, -0.2) is 22.9 Å². The van der Waals surface area contributed by atoms with E-state index in [0.29, 0.717) is 11.1 Å². The van der Waals surface area contributed by atoms with Crippen molar-refractivity contribution in [2.75, 3.05) is 18.9 Å². The van der Waals surface area contributed by atoms with Crippen LogP contribution in [0.5, 0.6) is 0 Å². The molecule has 0 saturated carbocycles. The van der Waals surface area contributed by atoms with Gasteiger partial charge < -0.3 is 10.1 Å². The molecular formula is C24H26F3N5O6S2. The Morgan fingerprint density at radius 3 is 2.27 bits per heavy atom. The topological polar surface area (TPSA) is 151 Å². The Kier molecular flexibility index (Phi) is 10.4. The number of aromatic nitrogens is 2. The maximum atomic E-state index is 14.0. The summed E-state index contributed by atoms with van der Waals surface area (Å²) in [6.45, 7) is 0. The van der Waals surface area contributed by atoms with Crippen LogP contribution in [0.3, 0.4) is 0 Å². The lowest BCUT2D eigenvalue weighted by atomic mass is 10.0. The third-order valence-electron chi connectivity index (χ3n) is 5.71. The fourth-order valence-corrected chi connectivity index (χ4v) is 5.02. The summed E-state index contributed by atoms with van der Waals surface area (Å²) >= 11 is 0.873. The van der Waals surface area contributed by atoms with Crippen molar-refractivity contribution in [2.24, 2.45) is 0 Å². The first kappa shape index (κ1) is 30.8. The SMILES string of the molecule is COC(=O)N(C)C(Cc1ccncc1)C(=O)N[C@@H](Cc1ccc(NS(=O)(=O)O)cc1)c1nc(C(F)C(F)F)cs1. The molecule has 3 rings (SSSR count). The zero-order valence-electron chi connectivity index (χ0n) is 21.2. The van der Waals surface area contributed by atoms with Gasteiger partial charge in [-0.1, -0.05) is 12.1 Å². The summed E-state index contributed by atoms with van der Waals surface area (Å²) < 4.78 is 77.6. The molecule has 0 aliphatic rings. The average Bonchev–Trinajstić information content (AvgIpc) is 3.41. The van der Waals surface area contributed by atoms with Gasteiger partial charge >= 0.3 is 16.4 Å². The molecule has 2 heterocycles. The van der Waals surface area contributed by atoms with Crippen molar-refractivity contribution < 1.29 is 40.5 Å². The van der Waals surface area contributed by atoms with E-state index in [9.17, 15) is 31.2 Å². The van der Waals surface area contributed by atoms with Crippen molar-refractivity contribution >= 4 is 39.3 Å². The van der Waals surface area contributed by atoms with Crippen molar-refractivity contribution in [3.63, 3.8) is 0 Å². The van der Waals surface area contributed by atoms with E-state index >= 15 is 0 Å². The molecule has 3 aromatic rings. The summed E-state index contributed by atoms with van der Waals surface area (Å²) in [4.78, 5) is 34.9. The van der Waals surface area contributed by atoms with Gasteiger partial charge in [-0.05, 0) is 41.8 Å². The molecule has 0 saturated heterocycles. The van der Waals surface area contributed by atoms with Crippen LogP contribution in [0.4, 0.5) is 23.7 Å². The van der Waals surface area contributed by atoms with Crippen LogP contribution in [0.1, 0.15) is 34.0 Å². The number of anilines is 1. The largest absolute Gasteiger partial charge is 0.453 e. The molecule has 0 spiro atoms. The second kappa shape index (κ2) is 13.5. The van der Waals surface area contributed by atoms with Gasteiger partial charge in [-0.3, -0.25) is 24.0 Å². The average molecular weight is 602 g/mol. The molecule has 0 radical (unpaired) electrons. The number of alkyl halides is 3. The number of amides is 2. The highest BCUT2D eigenvalue weighted by molar-refractivity contribution is 7.87. The molecule has 216 valence electrons. The number of pyridine rings is 1. The number of nitrogens with one attached hydrogen (secondary N) is 2. The number of likely N-dealkylation sites (N-methyl/N-ethyl adjacent to an activating group) is 1. The number of carbonyl (C=O) groups excluding carboxylic acids is 2. The molecule has 2 unspecified atom stereocenters. The van der Waals surface area contributed by atoms with Crippen molar-refractivity contribution in [3.8, 4) is 0 Å². The molecule has 3 N–H and O–H groups in total. The van der Waals surface area contributed by atoms with Crippen molar-refractivity contribution in [2.45, 2.75) is 37.5 Å². The summed E-state index contributed by atoms with van der Waals surface area (Å²) in [6, 6.07) is 7.08. The highest BCUT2D eigenvalue weighted by atomic mass is 32.2. The summed E-state index contributed by atoms with van der Waals surface area (Å²) in [5, 5.41) is 4.05. The number of hydrogen-bond donors (Lipinski definition) is 3. The smallest absolute Gasteiger partial charge is 0.409 e.